The molecule has 122 valence electrons. The molecule has 0 atom stereocenters. The number of hydrogen-bond donors (Lipinski definition) is 1. The highest BCUT2D eigenvalue weighted by Gasteiger charge is 2.34. The predicted molar refractivity (Wildman–Crippen MR) is 84.7 cm³/mol. The molecule has 1 heterocycles. The van der Waals surface area contributed by atoms with Gasteiger partial charge in [-0.05, 0) is 37.6 Å². The number of carbonyl (C=O) groups is 2. The van der Waals surface area contributed by atoms with Crippen molar-refractivity contribution in [2.45, 2.75) is 13.8 Å². The van der Waals surface area contributed by atoms with Crippen molar-refractivity contribution >= 4 is 18.0 Å². The summed E-state index contributed by atoms with van der Waals surface area (Å²) in [4.78, 5) is 25.7. The van der Waals surface area contributed by atoms with E-state index in [0.29, 0.717) is 23.6 Å². The molecule has 0 aliphatic carbocycles. The molecule has 6 nitrogen and oxygen atoms in total. The summed E-state index contributed by atoms with van der Waals surface area (Å²) in [7, 11) is 2.88. The second kappa shape index (κ2) is 6.56. The van der Waals surface area contributed by atoms with E-state index in [-0.39, 0.29) is 22.8 Å². The van der Waals surface area contributed by atoms with Crippen LogP contribution in [0.2, 0.25) is 0 Å². The summed E-state index contributed by atoms with van der Waals surface area (Å²) in [6.45, 7) is 3.90. The lowest BCUT2D eigenvalue weighted by molar-refractivity contribution is -0.136. The highest BCUT2D eigenvalue weighted by atomic mass is 16.5. The van der Waals surface area contributed by atoms with Gasteiger partial charge in [0, 0.05) is 12.7 Å². The Balaban J connectivity index is 2.50. The summed E-state index contributed by atoms with van der Waals surface area (Å²) in [5.41, 5.74) is 1.67. The normalized spacial score (nSPS) is 16.3. The third-order valence-electron chi connectivity index (χ3n) is 3.65. The maximum absolute atomic E-state index is 12.4. The third-order valence-corrected chi connectivity index (χ3v) is 3.65. The van der Waals surface area contributed by atoms with Crippen molar-refractivity contribution in [1.29, 1.82) is 0 Å². The van der Waals surface area contributed by atoms with Crippen LogP contribution in [0.1, 0.15) is 19.4 Å². The zero-order chi connectivity index (χ0) is 17.1. The fourth-order valence-corrected chi connectivity index (χ4v) is 2.35. The Morgan fingerprint density at radius 2 is 2.09 bits per heavy atom. The Labute approximate surface area is 134 Å². The molecule has 0 saturated carbocycles. The Hall–Kier alpha value is -2.76. The first-order valence-corrected chi connectivity index (χ1v) is 7.15. The molecule has 0 radical (unpaired) electrons. The van der Waals surface area contributed by atoms with Gasteiger partial charge in [0.2, 0.25) is 0 Å². The number of rotatable bonds is 4. The van der Waals surface area contributed by atoms with E-state index in [2.05, 4.69) is 0 Å². The van der Waals surface area contributed by atoms with E-state index in [0.717, 1.165) is 0 Å². The smallest absolute Gasteiger partial charge is 0.340 e. The molecule has 0 fully saturated rings. The molecule has 0 aromatic heterocycles. The van der Waals surface area contributed by atoms with E-state index in [1.807, 2.05) is 6.92 Å². The van der Waals surface area contributed by atoms with E-state index < -0.39 is 5.97 Å². The van der Waals surface area contributed by atoms with Gasteiger partial charge in [-0.2, -0.15) is 0 Å². The number of likely N-dealkylation sites (N-methyl/N-ethyl adjacent to an activating group) is 1. The Morgan fingerprint density at radius 1 is 1.39 bits per heavy atom. The molecule has 1 aliphatic heterocycles. The van der Waals surface area contributed by atoms with Gasteiger partial charge in [-0.1, -0.05) is 6.07 Å². The number of carbonyl (C=O) groups excluding carboxylic acids is 2. The second-order valence-corrected chi connectivity index (χ2v) is 5.03. The van der Waals surface area contributed by atoms with E-state index in [9.17, 15) is 14.7 Å². The molecule has 0 bridgehead atoms. The lowest BCUT2D eigenvalue weighted by atomic mass is 10.0. The number of hydrogen-bond acceptors (Lipinski definition) is 5. The summed E-state index contributed by atoms with van der Waals surface area (Å²) in [6.07, 6.45) is 1.59. The molecule has 0 spiro atoms. The van der Waals surface area contributed by atoms with Gasteiger partial charge in [0.15, 0.2) is 11.5 Å². The Kier molecular flexibility index (Phi) is 4.74. The molecule has 1 aromatic carbocycles. The van der Waals surface area contributed by atoms with Crippen molar-refractivity contribution in [3.05, 3.63) is 40.6 Å². The van der Waals surface area contributed by atoms with Gasteiger partial charge in [-0.25, -0.2) is 4.79 Å². The van der Waals surface area contributed by atoms with Crippen molar-refractivity contribution in [3.8, 4) is 11.5 Å². The number of allylic oxidation sites excluding steroid dienone is 1. The maximum Gasteiger partial charge on any atom is 0.340 e. The van der Waals surface area contributed by atoms with Crippen LogP contribution in [0.15, 0.2) is 35.0 Å². The molecular formula is C17H19NO5. The zero-order valence-corrected chi connectivity index (χ0v) is 13.5. The minimum Gasteiger partial charge on any atom is -0.504 e. The van der Waals surface area contributed by atoms with Crippen molar-refractivity contribution in [1.82, 2.24) is 4.90 Å². The Morgan fingerprint density at radius 3 is 2.70 bits per heavy atom. The number of ether oxygens (including phenoxy) is 2. The van der Waals surface area contributed by atoms with Crippen LogP contribution in [-0.4, -0.2) is 42.6 Å². The summed E-state index contributed by atoms with van der Waals surface area (Å²) in [5.74, 6) is -0.506. The first kappa shape index (κ1) is 16.6. The molecule has 0 unspecified atom stereocenters. The quantitative estimate of drug-likeness (QED) is 0.680. The van der Waals surface area contributed by atoms with Crippen molar-refractivity contribution < 1.29 is 24.2 Å². The number of aromatic hydroxyl groups is 1. The van der Waals surface area contributed by atoms with Crippen LogP contribution in [0.3, 0.4) is 0 Å². The third kappa shape index (κ3) is 3.06. The van der Waals surface area contributed by atoms with E-state index in [1.165, 1.54) is 18.1 Å². The lowest BCUT2D eigenvalue weighted by Crippen LogP contribution is -2.19. The molecule has 1 N–H and O–H groups in total. The first-order valence-electron chi connectivity index (χ1n) is 7.15. The van der Waals surface area contributed by atoms with Crippen molar-refractivity contribution in [2.24, 2.45) is 0 Å². The fourth-order valence-electron chi connectivity index (χ4n) is 2.35. The highest BCUT2D eigenvalue weighted by Crippen LogP contribution is 2.32. The standard InChI is InChI=1S/C17H19NO5/c1-5-23-14-9-11(6-7-13(14)19)8-12-15(17(21)22-4)10(2)18(3)16(12)20/h6-9,19H,5H2,1-4H3/b12-8-. The van der Waals surface area contributed by atoms with Crippen LogP contribution < -0.4 is 4.74 Å². The number of amides is 1. The number of benzene rings is 1. The molecule has 1 aromatic rings. The molecular weight excluding hydrogens is 298 g/mol. The van der Waals surface area contributed by atoms with Gasteiger partial charge in [0.1, 0.15) is 0 Å². The number of nitrogens with zero attached hydrogens (tertiary/aromatic N) is 1. The molecule has 2 rings (SSSR count). The SMILES string of the molecule is CCOc1cc(/C=C2\C(=O)N(C)C(C)=C2C(=O)OC)ccc1O. The number of phenols is 1. The van der Waals surface area contributed by atoms with Crippen LogP contribution in [-0.2, 0) is 14.3 Å². The van der Waals surface area contributed by atoms with Crippen LogP contribution in [0.5, 0.6) is 11.5 Å². The summed E-state index contributed by atoms with van der Waals surface area (Å²) in [6, 6.07) is 4.73. The van der Waals surface area contributed by atoms with Gasteiger partial charge >= 0.3 is 5.97 Å². The van der Waals surface area contributed by atoms with E-state index >= 15 is 0 Å². The van der Waals surface area contributed by atoms with Gasteiger partial charge in [0.05, 0.1) is 24.9 Å². The largest absolute Gasteiger partial charge is 0.504 e. The summed E-state index contributed by atoms with van der Waals surface area (Å²) in [5, 5.41) is 9.74. The first-order chi connectivity index (χ1) is 10.9. The molecule has 23 heavy (non-hydrogen) atoms. The van der Waals surface area contributed by atoms with Crippen molar-refractivity contribution in [2.75, 3.05) is 20.8 Å². The average molecular weight is 317 g/mol. The number of esters is 1. The van der Waals surface area contributed by atoms with E-state index in [4.69, 9.17) is 9.47 Å². The van der Waals surface area contributed by atoms with Crippen molar-refractivity contribution in [3.63, 3.8) is 0 Å². The van der Waals surface area contributed by atoms with Crippen LogP contribution in [0.25, 0.3) is 6.08 Å². The minimum atomic E-state index is -0.560. The molecule has 1 aliphatic rings. The van der Waals surface area contributed by atoms with Gasteiger partial charge in [0.25, 0.3) is 5.91 Å². The predicted octanol–water partition coefficient (Wildman–Crippen LogP) is 2.09. The monoisotopic (exact) mass is 317 g/mol. The molecule has 0 saturated heterocycles. The lowest BCUT2D eigenvalue weighted by Gasteiger charge is -2.09. The second-order valence-electron chi connectivity index (χ2n) is 5.03. The van der Waals surface area contributed by atoms with Gasteiger partial charge in [-0.15, -0.1) is 0 Å². The van der Waals surface area contributed by atoms with E-state index in [1.54, 1.807) is 32.2 Å². The number of phenolic OH excluding ortho intramolecular Hbond substituents is 1. The molecule has 1 amide bonds. The van der Waals surface area contributed by atoms with Crippen LogP contribution >= 0.6 is 0 Å². The number of methoxy groups -OCH3 is 1. The van der Waals surface area contributed by atoms with Crippen LogP contribution in [0.4, 0.5) is 0 Å². The van der Waals surface area contributed by atoms with Gasteiger partial charge < -0.3 is 19.5 Å². The molecule has 6 heteroatoms. The Bertz CT molecular complexity index is 718. The van der Waals surface area contributed by atoms with Crippen LogP contribution in [0, 0.1) is 0 Å². The summed E-state index contributed by atoms with van der Waals surface area (Å²) < 4.78 is 10.1. The maximum atomic E-state index is 12.4. The average Bonchev–Trinajstić information content (AvgIpc) is 2.74. The summed E-state index contributed by atoms with van der Waals surface area (Å²) >= 11 is 0. The highest BCUT2D eigenvalue weighted by molar-refractivity contribution is 6.16. The van der Waals surface area contributed by atoms with Gasteiger partial charge in [-0.3, -0.25) is 4.79 Å². The zero-order valence-electron chi connectivity index (χ0n) is 13.5. The topological polar surface area (TPSA) is 76.1 Å². The minimum absolute atomic E-state index is 0.0174. The fraction of sp³-hybridized carbons (Fsp3) is 0.294.